The molecular weight excluding hydrogens is 226 g/mol. The van der Waals surface area contributed by atoms with Crippen molar-refractivity contribution in [2.45, 2.75) is 12.5 Å². The Morgan fingerprint density at radius 1 is 1.38 bits per heavy atom. The molecule has 0 aliphatic carbocycles. The molecule has 0 spiro atoms. The number of ether oxygens (including phenoxy) is 2. The molecule has 1 atom stereocenters. The SMILES string of the molecule is C=CC[C@@H](N)c1cc(OC)ccc1OC.Cl. The van der Waals surface area contributed by atoms with Crippen LogP contribution in [0.3, 0.4) is 0 Å². The van der Waals surface area contributed by atoms with Crippen LogP contribution in [-0.2, 0) is 0 Å². The highest BCUT2D eigenvalue weighted by Gasteiger charge is 2.11. The van der Waals surface area contributed by atoms with Gasteiger partial charge in [-0.15, -0.1) is 19.0 Å². The number of halogens is 1. The third kappa shape index (κ3) is 3.43. The molecule has 0 bridgehead atoms. The van der Waals surface area contributed by atoms with Crippen LogP contribution in [0.4, 0.5) is 0 Å². The van der Waals surface area contributed by atoms with E-state index in [4.69, 9.17) is 15.2 Å². The molecule has 0 aliphatic rings. The second-order valence-corrected chi connectivity index (χ2v) is 3.24. The lowest BCUT2D eigenvalue weighted by Crippen LogP contribution is -2.10. The summed E-state index contributed by atoms with van der Waals surface area (Å²) in [6.07, 6.45) is 2.51. The Hall–Kier alpha value is -1.19. The molecular formula is C12H18ClNO2. The van der Waals surface area contributed by atoms with Crippen LogP contribution in [0.15, 0.2) is 30.9 Å². The van der Waals surface area contributed by atoms with E-state index < -0.39 is 0 Å². The fourth-order valence-corrected chi connectivity index (χ4v) is 1.44. The first-order valence-corrected chi connectivity index (χ1v) is 4.81. The Labute approximate surface area is 103 Å². The summed E-state index contributed by atoms with van der Waals surface area (Å²) in [5.41, 5.74) is 6.94. The van der Waals surface area contributed by atoms with Gasteiger partial charge in [0.15, 0.2) is 0 Å². The molecule has 1 aromatic carbocycles. The Morgan fingerprint density at radius 2 is 2.06 bits per heavy atom. The van der Waals surface area contributed by atoms with Gasteiger partial charge in [0, 0.05) is 11.6 Å². The zero-order valence-corrected chi connectivity index (χ0v) is 10.4. The predicted octanol–water partition coefficient (Wildman–Crippen LogP) is 2.70. The van der Waals surface area contributed by atoms with Gasteiger partial charge in [-0.2, -0.15) is 0 Å². The van der Waals surface area contributed by atoms with E-state index in [9.17, 15) is 0 Å². The van der Waals surface area contributed by atoms with E-state index >= 15 is 0 Å². The number of benzene rings is 1. The monoisotopic (exact) mass is 243 g/mol. The molecule has 0 radical (unpaired) electrons. The molecule has 0 saturated heterocycles. The Kier molecular flexibility index (Phi) is 6.61. The first-order chi connectivity index (χ1) is 7.22. The average Bonchev–Trinajstić information content (AvgIpc) is 2.28. The number of methoxy groups -OCH3 is 2. The van der Waals surface area contributed by atoms with E-state index in [0.717, 1.165) is 17.1 Å². The predicted molar refractivity (Wildman–Crippen MR) is 68.5 cm³/mol. The molecule has 0 aromatic heterocycles. The van der Waals surface area contributed by atoms with Crippen molar-refractivity contribution in [2.24, 2.45) is 5.73 Å². The summed E-state index contributed by atoms with van der Waals surface area (Å²) in [5, 5.41) is 0. The lowest BCUT2D eigenvalue weighted by Gasteiger charge is -2.15. The van der Waals surface area contributed by atoms with Gasteiger partial charge in [0.25, 0.3) is 0 Å². The molecule has 0 saturated carbocycles. The fraction of sp³-hybridized carbons (Fsp3) is 0.333. The van der Waals surface area contributed by atoms with Gasteiger partial charge in [0.2, 0.25) is 0 Å². The maximum atomic E-state index is 6.00. The first kappa shape index (κ1) is 14.8. The van der Waals surface area contributed by atoms with Gasteiger partial charge in [0.05, 0.1) is 14.2 Å². The van der Waals surface area contributed by atoms with Crippen molar-refractivity contribution in [3.8, 4) is 11.5 Å². The zero-order valence-electron chi connectivity index (χ0n) is 9.60. The van der Waals surface area contributed by atoms with Crippen LogP contribution in [0.2, 0.25) is 0 Å². The summed E-state index contributed by atoms with van der Waals surface area (Å²) in [4.78, 5) is 0. The molecule has 16 heavy (non-hydrogen) atoms. The first-order valence-electron chi connectivity index (χ1n) is 4.81. The van der Waals surface area contributed by atoms with Gasteiger partial charge in [-0.1, -0.05) is 6.08 Å². The minimum absolute atomic E-state index is 0. The molecule has 0 unspecified atom stereocenters. The second-order valence-electron chi connectivity index (χ2n) is 3.24. The van der Waals surface area contributed by atoms with Crippen molar-refractivity contribution in [2.75, 3.05) is 14.2 Å². The number of rotatable bonds is 5. The van der Waals surface area contributed by atoms with E-state index in [1.54, 1.807) is 20.3 Å². The Morgan fingerprint density at radius 3 is 2.56 bits per heavy atom. The molecule has 3 nitrogen and oxygen atoms in total. The largest absolute Gasteiger partial charge is 0.497 e. The molecule has 1 aromatic rings. The average molecular weight is 244 g/mol. The molecule has 90 valence electrons. The smallest absolute Gasteiger partial charge is 0.123 e. The van der Waals surface area contributed by atoms with E-state index in [1.807, 2.05) is 18.2 Å². The molecule has 0 amide bonds. The fourth-order valence-electron chi connectivity index (χ4n) is 1.44. The van der Waals surface area contributed by atoms with Gasteiger partial charge in [-0.3, -0.25) is 0 Å². The lowest BCUT2D eigenvalue weighted by atomic mass is 10.0. The maximum absolute atomic E-state index is 6.00. The van der Waals surface area contributed by atoms with E-state index in [-0.39, 0.29) is 18.4 Å². The van der Waals surface area contributed by atoms with Gasteiger partial charge < -0.3 is 15.2 Å². The summed E-state index contributed by atoms with van der Waals surface area (Å²) in [6, 6.07) is 5.50. The van der Waals surface area contributed by atoms with Crippen molar-refractivity contribution < 1.29 is 9.47 Å². The standard InChI is InChI=1S/C12H17NO2.ClH/c1-4-5-11(13)10-8-9(14-2)6-7-12(10)15-3;/h4,6-8,11H,1,5,13H2,2-3H3;1H/t11-;/m1./s1. The third-order valence-corrected chi connectivity index (χ3v) is 2.26. The molecule has 4 heteroatoms. The molecule has 0 fully saturated rings. The highest BCUT2D eigenvalue weighted by atomic mass is 35.5. The van der Waals surface area contributed by atoms with Crippen LogP contribution in [0.5, 0.6) is 11.5 Å². The number of nitrogens with two attached hydrogens (primary N) is 1. The van der Waals surface area contributed by atoms with Crippen molar-refractivity contribution in [1.82, 2.24) is 0 Å². The van der Waals surface area contributed by atoms with Crippen LogP contribution in [0.1, 0.15) is 18.0 Å². The van der Waals surface area contributed by atoms with Crippen molar-refractivity contribution in [3.63, 3.8) is 0 Å². The minimum Gasteiger partial charge on any atom is -0.497 e. The molecule has 1 rings (SSSR count). The van der Waals surface area contributed by atoms with Crippen molar-refractivity contribution in [1.29, 1.82) is 0 Å². The molecule has 2 N–H and O–H groups in total. The molecule has 0 aliphatic heterocycles. The van der Waals surface area contributed by atoms with Crippen molar-refractivity contribution in [3.05, 3.63) is 36.4 Å². The Balaban J connectivity index is 0.00000225. The number of hydrogen-bond donors (Lipinski definition) is 1. The summed E-state index contributed by atoms with van der Waals surface area (Å²) < 4.78 is 10.4. The minimum atomic E-state index is -0.104. The van der Waals surface area contributed by atoms with Gasteiger partial charge in [-0.25, -0.2) is 0 Å². The van der Waals surface area contributed by atoms with Crippen LogP contribution < -0.4 is 15.2 Å². The summed E-state index contributed by atoms with van der Waals surface area (Å²) in [6.45, 7) is 3.67. The Bertz CT molecular complexity index is 342. The summed E-state index contributed by atoms with van der Waals surface area (Å²) >= 11 is 0. The quantitative estimate of drug-likeness (QED) is 0.809. The zero-order chi connectivity index (χ0) is 11.3. The van der Waals surface area contributed by atoms with Crippen LogP contribution in [-0.4, -0.2) is 14.2 Å². The second kappa shape index (κ2) is 7.14. The molecule has 0 heterocycles. The highest BCUT2D eigenvalue weighted by molar-refractivity contribution is 5.85. The highest BCUT2D eigenvalue weighted by Crippen LogP contribution is 2.29. The lowest BCUT2D eigenvalue weighted by molar-refractivity contribution is 0.395. The third-order valence-electron chi connectivity index (χ3n) is 2.26. The van der Waals surface area contributed by atoms with Crippen LogP contribution >= 0.6 is 12.4 Å². The van der Waals surface area contributed by atoms with Gasteiger partial charge in [0.1, 0.15) is 11.5 Å². The van der Waals surface area contributed by atoms with E-state index in [1.165, 1.54) is 0 Å². The summed E-state index contributed by atoms with van der Waals surface area (Å²) in [5.74, 6) is 1.57. The van der Waals surface area contributed by atoms with Gasteiger partial charge in [-0.05, 0) is 24.6 Å². The van der Waals surface area contributed by atoms with E-state index in [2.05, 4.69) is 6.58 Å². The number of hydrogen-bond acceptors (Lipinski definition) is 3. The van der Waals surface area contributed by atoms with Crippen molar-refractivity contribution >= 4 is 12.4 Å². The normalized spacial score (nSPS) is 11.2. The maximum Gasteiger partial charge on any atom is 0.123 e. The van der Waals surface area contributed by atoms with Crippen LogP contribution in [0.25, 0.3) is 0 Å². The topological polar surface area (TPSA) is 44.5 Å². The summed E-state index contributed by atoms with van der Waals surface area (Å²) in [7, 11) is 3.26. The van der Waals surface area contributed by atoms with E-state index in [0.29, 0.717) is 6.42 Å². The van der Waals surface area contributed by atoms with Gasteiger partial charge >= 0.3 is 0 Å². The van der Waals surface area contributed by atoms with Crippen LogP contribution in [0, 0.1) is 0 Å².